The van der Waals surface area contributed by atoms with Gasteiger partial charge in [-0.2, -0.15) is 0 Å². The van der Waals surface area contributed by atoms with E-state index in [1.165, 1.54) is 19.3 Å². The summed E-state index contributed by atoms with van der Waals surface area (Å²) in [5.41, 5.74) is 0.532. The van der Waals surface area contributed by atoms with Crippen LogP contribution < -0.4 is 4.74 Å². The average molecular weight is 354 g/mol. The molecule has 1 saturated carbocycles. The third-order valence-corrected chi connectivity index (χ3v) is 6.43. The van der Waals surface area contributed by atoms with Gasteiger partial charge in [0.25, 0.3) is 0 Å². The molecule has 2 atom stereocenters. The van der Waals surface area contributed by atoms with E-state index in [4.69, 9.17) is 11.3 Å². The molecule has 1 aromatic carbocycles. The van der Waals surface area contributed by atoms with E-state index in [2.05, 4.69) is 4.85 Å². The normalized spacial score (nSPS) is 29.2. The Kier molecular flexibility index (Phi) is 4.00. The van der Waals surface area contributed by atoms with Gasteiger partial charge in [-0.05, 0) is 44.2 Å². The van der Waals surface area contributed by atoms with Crippen molar-refractivity contribution in [3.63, 3.8) is 0 Å². The summed E-state index contributed by atoms with van der Waals surface area (Å²) in [6, 6.07) is 4.83. The fraction of sp³-hybridized carbons (Fsp3) is 0.619. The number of nitrogens with zero attached hydrogens (tertiary/aromatic N) is 2. The predicted octanol–water partition coefficient (Wildman–Crippen LogP) is 3.99. The number of aliphatic hydroxyl groups is 1. The van der Waals surface area contributed by atoms with Gasteiger partial charge in [0.15, 0.2) is 5.69 Å². The second-order valence-corrected chi connectivity index (χ2v) is 8.69. The number of rotatable bonds is 1. The highest BCUT2D eigenvalue weighted by molar-refractivity contribution is 5.80. The van der Waals surface area contributed by atoms with Crippen LogP contribution in [0.4, 0.5) is 5.69 Å². The summed E-state index contributed by atoms with van der Waals surface area (Å²) in [6.07, 6.45) is 5.54. The quantitative estimate of drug-likeness (QED) is 0.776. The predicted molar refractivity (Wildman–Crippen MR) is 98.0 cm³/mol. The van der Waals surface area contributed by atoms with Crippen molar-refractivity contribution in [2.24, 2.45) is 5.41 Å². The van der Waals surface area contributed by atoms with Crippen LogP contribution in [0, 0.1) is 12.0 Å². The summed E-state index contributed by atoms with van der Waals surface area (Å²) >= 11 is 0. The minimum absolute atomic E-state index is 0.0646. The molecule has 0 aromatic heterocycles. The van der Waals surface area contributed by atoms with Crippen LogP contribution in [0.1, 0.15) is 64.0 Å². The van der Waals surface area contributed by atoms with E-state index in [-0.39, 0.29) is 11.3 Å². The maximum absolute atomic E-state index is 13.0. The minimum Gasteiger partial charge on any atom is -0.485 e. The number of hydrogen-bond donors (Lipinski definition) is 1. The van der Waals surface area contributed by atoms with Gasteiger partial charge in [0, 0.05) is 18.5 Å². The number of likely N-dealkylation sites (tertiary alicyclic amines) is 1. The molecule has 0 bridgehead atoms. The van der Waals surface area contributed by atoms with Gasteiger partial charge >= 0.3 is 0 Å². The number of aliphatic hydroxyl groups excluding tert-OH is 1. The molecule has 1 saturated heterocycles. The molecule has 3 aliphatic rings. The van der Waals surface area contributed by atoms with E-state index in [1.807, 2.05) is 18.7 Å². The van der Waals surface area contributed by atoms with Gasteiger partial charge in [0.2, 0.25) is 5.91 Å². The zero-order chi connectivity index (χ0) is 18.5. The lowest BCUT2D eigenvalue weighted by molar-refractivity contribution is -0.139. The maximum atomic E-state index is 13.0. The fourth-order valence-electron chi connectivity index (χ4n) is 4.98. The third kappa shape index (κ3) is 2.68. The summed E-state index contributed by atoms with van der Waals surface area (Å²) in [6.45, 7) is 11.7. The fourth-order valence-corrected chi connectivity index (χ4v) is 4.98. The molecule has 2 aliphatic heterocycles. The molecule has 2 heterocycles. The van der Waals surface area contributed by atoms with Gasteiger partial charge in [-0.3, -0.25) is 4.79 Å². The molecule has 5 heteroatoms. The molecular formula is C21H26N2O3. The maximum Gasteiger partial charge on any atom is 0.223 e. The van der Waals surface area contributed by atoms with E-state index < -0.39 is 17.7 Å². The standard InChI is InChI=1S/C21H26N2O3/c1-20(2)19(25)18(15-11-14(22-3)7-8-16(15)26-20)23-13-21(12-17(23)24)9-5-4-6-10-21/h7-8,11,18-19,25H,4-6,9-10,12-13H2,1-2H3/t18-,19+/m1/s1. The Morgan fingerprint density at radius 3 is 2.69 bits per heavy atom. The Balaban J connectivity index is 1.75. The van der Waals surface area contributed by atoms with Crippen molar-refractivity contribution in [1.82, 2.24) is 4.90 Å². The molecule has 0 radical (unpaired) electrons. The van der Waals surface area contributed by atoms with Crippen molar-refractivity contribution in [3.8, 4) is 5.75 Å². The van der Waals surface area contributed by atoms with E-state index in [9.17, 15) is 9.90 Å². The topological polar surface area (TPSA) is 54.1 Å². The summed E-state index contributed by atoms with van der Waals surface area (Å²) < 4.78 is 6.00. The van der Waals surface area contributed by atoms with Crippen LogP contribution in [0.5, 0.6) is 5.75 Å². The Bertz CT molecular complexity index is 774. The number of amides is 1. The summed E-state index contributed by atoms with van der Waals surface area (Å²) in [5, 5.41) is 11.1. The van der Waals surface area contributed by atoms with Gasteiger partial charge in [-0.15, -0.1) is 0 Å². The monoisotopic (exact) mass is 354 g/mol. The van der Waals surface area contributed by atoms with Crippen molar-refractivity contribution in [1.29, 1.82) is 0 Å². The van der Waals surface area contributed by atoms with Gasteiger partial charge in [0.05, 0.1) is 12.6 Å². The molecule has 26 heavy (non-hydrogen) atoms. The van der Waals surface area contributed by atoms with Crippen molar-refractivity contribution in [2.75, 3.05) is 6.54 Å². The van der Waals surface area contributed by atoms with Crippen LogP contribution in [0.2, 0.25) is 0 Å². The zero-order valence-corrected chi connectivity index (χ0v) is 15.5. The smallest absolute Gasteiger partial charge is 0.223 e. The minimum atomic E-state index is -0.835. The lowest BCUT2D eigenvalue weighted by Crippen LogP contribution is -2.54. The molecule has 4 rings (SSSR count). The van der Waals surface area contributed by atoms with E-state index in [1.54, 1.807) is 18.2 Å². The molecule has 1 N–H and O–H groups in total. The van der Waals surface area contributed by atoms with Crippen LogP contribution >= 0.6 is 0 Å². The Morgan fingerprint density at radius 2 is 2.00 bits per heavy atom. The molecule has 138 valence electrons. The second kappa shape index (κ2) is 5.99. The first-order valence-electron chi connectivity index (χ1n) is 9.53. The first-order valence-corrected chi connectivity index (χ1v) is 9.53. The van der Waals surface area contributed by atoms with Crippen LogP contribution in [-0.2, 0) is 4.79 Å². The number of hydrogen-bond acceptors (Lipinski definition) is 3. The van der Waals surface area contributed by atoms with Crippen molar-refractivity contribution < 1.29 is 14.6 Å². The van der Waals surface area contributed by atoms with Gasteiger partial charge in [-0.25, -0.2) is 4.85 Å². The average Bonchev–Trinajstić information content (AvgIpc) is 2.91. The second-order valence-electron chi connectivity index (χ2n) is 8.69. The van der Waals surface area contributed by atoms with Crippen molar-refractivity contribution in [3.05, 3.63) is 35.2 Å². The number of carbonyl (C=O) groups is 1. The highest BCUT2D eigenvalue weighted by Crippen LogP contribution is 2.51. The Morgan fingerprint density at radius 1 is 1.27 bits per heavy atom. The number of benzene rings is 1. The first-order chi connectivity index (χ1) is 12.4. The molecule has 1 amide bonds. The number of ether oxygens (including phenoxy) is 1. The third-order valence-electron chi connectivity index (χ3n) is 6.43. The summed E-state index contributed by atoms with van der Waals surface area (Å²) in [5.74, 6) is 0.780. The van der Waals surface area contributed by atoms with Crippen molar-refractivity contribution >= 4 is 11.6 Å². The van der Waals surface area contributed by atoms with Crippen LogP contribution in [-0.4, -0.2) is 34.2 Å². The van der Waals surface area contributed by atoms with E-state index in [0.29, 0.717) is 24.4 Å². The van der Waals surface area contributed by atoms with E-state index in [0.717, 1.165) is 18.4 Å². The van der Waals surface area contributed by atoms with Crippen molar-refractivity contribution in [2.45, 2.75) is 70.1 Å². The Hall–Kier alpha value is -2.06. The summed E-state index contributed by atoms with van der Waals surface area (Å²) in [7, 11) is 0. The van der Waals surface area contributed by atoms with E-state index >= 15 is 0 Å². The highest BCUT2D eigenvalue weighted by atomic mass is 16.5. The molecule has 1 spiro atoms. The summed E-state index contributed by atoms with van der Waals surface area (Å²) in [4.78, 5) is 18.4. The van der Waals surface area contributed by atoms with Gasteiger partial charge < -0.3 is 14.7 Å². The molecular weight excluding hydrogens is 328 g/mol. The molecule has 2 fully saturated rings. The first kappa shape index (κ1) is 17.4. The molecule has 1 aromatic rings. The highest BCUT2D eigenvalue weighted by Gasteiger charge is 2.52. The SMILES string of the molecule is [C-]#[N+]c1ccc2c(c1)[C@@H](N1CC3(CCCCC3)CC1=O)[C@H](O)C(C)(C)O2. The van der Waals surface area contributed by atoms with Crippen LogP contribution in [0.3, 0.4) is 0 Å². The van der Waals surface area contributed by atoms with Crippen LogP contribution in [0.25, 0.3) is 4.85 Å². The molecule has 1 aliphatic carbocycles. The lowest BCUT2D eigenvalue weighted by atomic mass is 9.73. The number of fused-ring (bicyclic) bond motifs is 1. The van der Waals surface area contributed by atoms with Gasteiger partial charge in [0.1, 0.15) is 17.5 Å². The zero-order valence-electron chi connectivity index (χ0n) is 15.5. The van der Waals surface area contributed by atoms with Crippen LogP contribution in [0.15, 0.2) is 18.2 Å². The largest absolute Gasteiger partial charge is 0.485 e. The molecule has 0 unspecified atom stereocenters. The molecule has 5 nitrogen and oxygen atoms in total. The van der Waals surface area contributed by atoms with Gasteiger partial charge in [-0.1, -0.05) is 25.3 Å². The lowest BCUT2D eigenvalue weighted by Gasteiger charge is -2.46. The Labute approximate surface area is 154 Å². The number of carbonyl (C=O) groups excluding carboxylic acids is 1.